The van der Waals surface area contributed by atoms with Crippen LogP contribution in [0.25, 0.3) is 11.1 Å². The predicted octanol–water partition coefficient (Wildman–Crippen LogP) is 0.588. The van der Waals surface area contributed by atoms with E-state index in [1.54, 1.807) is 30.2 Å². The summed E-state index contributed by atoms with van der Waals surface area (Å²) in [5.74, 6) is 0. The van der Waals surface area contributed by atoms with Gasteiger partial charge in [-0.25, -0.2) is 13.1 Å². The molecule has 0 radical (unpaired) electrons. The van der Waals surface area contributed by atoms with Crippen molar-refractivity contribution in [1.29, 1.82) is 0 Å². The Morgan fingerprint density at radius 1 is 1.50 bits per heavy atom. The molecule has 0 amide bonds. The molecule has 0 saturated heterocycles. The standard InChI is InChI=1S/C9H11N3O3S/c1-10-16(13,14)9-8(3-4-15-9)7-5-11-12(2)6-7/h3-6,10H,1-2H3. The largest absolute Gasteiger partial charge is 0.451 e. The summed E-state index contributed by atoms with van der Waals surface area (Å²) >= 11 is 0. The number of furan rings is 1. The van der Waals surface area contributed by atoms with E-state index in [1.807, 2.05) is 0 Å². The van der Waals surface area contributed by atoms with Gasteiger partial charge in [-0.2, -0.15) is 5.10 Å². The summed E-state index contributed by atoms with van der Waals surface area (Å²) in [6, 6.07) is 1.60. The fourth-order valence-corrected chi connectivity index (χ4v) is 2.21. The zero-order chi connectivity index (χ0) is 11.8. The van der Waals surface area contributed by atoms with Crippen LogP contribution >= 0.6 is 0 Å². The summed E-state index contributed by atoms with van der Waals surface area (Å²) < 4.78 is 32.1. The molecule has 2 heterocycles. The van der Waals surface area contributed by atoms with Crippen molar-refractivity contribution in [2.75, 3.05) is 7.05 Å². The summed E-state index contributed by atoms with van der Waals surface area (Å²) in [5, 5.41) is 3.89. The zero-order valence-corrected chi connectivity index (χ0v) is 9.65. The van der Waals surface area contributed by atoms with E-state index in [0.29, 0.717) is 11.1 Å². The summed E-state index contributed by atoms with van der Waals surface area (Å²) in [6.45, 7) is 0. The molecule has 16 heavy (non-hydrogen) atoms. The molecule has 0 fully saturated rings. The summed E-state index contributed by atoms with van der Waals surface area (Å²) in [6.07, 6.45) is 4.64. The Morgan fingerprint density at radius 3 is 2.81 bits per heavy atom. The van der Waals surface area contributed by atoms with E-state index in [4.69, 9.17) is 4.42 Å². The van der Waals surface area contributed by atoms with Crippen molar-refractivity contribution < 1.29 is 12.8 Å². The number of rotatable bonds is 3. The van der Waals surface area contributed by atoms with Crippen molar-refractivity contribution in [3.8, 4) is 11.1 Å². The lowest BCUT2D eigenvalue weighted by atomic mass is 10.2. The molecule has 0 saturated carbocycles. The van der Waals surface area contributed by atoms with Gasteiger partial charge in [0.2, 0.25) is 5.09 Å². The zero-order valence-electron chi connectivity index (χ0n) is 8.84. The van der Waals surface area contributed by atoms with Gasteiger partial charge >= 0.3 is 0 Å². The molecule has 0 atom stereocenters. The van der Waals surface area contributed by atoms with Gasteiger partial charge in [-0.05, 0) is 13.1 Å². The molecular formula is C9H11N3O3S. The molecule has 0 aliphatic heterocycles. The second-order valence-corrected chi connectivity index (χ2v) is 5.02. The van der Waals surface area contributed by atoms with E-state index in [1.165, 1.54) is 13.3 Å². The maximum atomic E-state index is 11.6. The highest BCUT2D eigenvalue weighted by Gasteiger charge is 2.22. The molecule has 86 valence electrons. The Hall–Kier alpha value is -1.60. The topological polar surface area (TPSA) is 77.1 Å². The van der Waals surface area contributed by atoms with E-state index in [2.05, 4.69) is 9.82 Å². The summed E-state index contributed by atoms with van der Waals surface area (Å²) in [7, 11) is -0.480. The lowest BCUT2D eigenvalue weighted by molar-refractivity contribution is 0.449. The van der Waals surface area contributed by atoms with E-state index in [0.717, 1.165) is 0 Å². The van der Waals surface area contributed by atoms with E-state index >= 15 is 0 Å². The first-order valence-electron chi connectivity index (χ1n) is 4.54. The van der Waals surface area contributed by atoms with E-state index < -0.39 is 10.0 Å². The SMILES string of the molecule is CNS(=O)(=O)c1occc1-c1cnn(C)c1. The van der Waals surface area contributed by atoms with Crippen LogP contribution in [0.2, 0.25) is 0 Å². The monoisotopic (exact) mass is 241 g/mol. The van der Waals surface area contributed by atoms with Crippen LogP contribution in [0.1, 0.15) is 0 Å². The fourth-order valence-electron chi connectivity index (χ4n) is 1.37. The minimum Gasteiger partial charge on any atom is -0.451 e. The summed E-state index contributed by atoms with van der Waals surface area (Å²) in [4.78, 5) is 0. The van der Waals surface area contributed by atoms with Gasteiger partial charge in [0.1, 0.15) is 0 Å². The van der Waals surface area contributed by atoms with Crippen LogP contribution in [0.5, 0.6) is 0 Å². The highest BCUT2D eigenvalue weighted by Crippen LogP contribution is 2.27. The van der Waals surface area contributed by atoms with Crippen LogP contribution in [-0.2, 0) is 17.1 Å². The Kier molecular flexibility index (Phi) is 2.56. The molecule has 0 spiro atoms. The van der Waals surface area contributed by atoms with E-state index in [9.17, 15) is 8.42 Å². The number of hydrogen-bond donors (Lipinski definition) is 1. The highest BCUT2D eigenvalue weighted by molar-refractivity contribution is 7.89. The van der Waals surface area contributed by atoms with Gasteiger partial charge in [0.05, 0.1) is 12.5 Å². The first-order chi connectivity index (χ1) is 7.54. The van der Waals surface area contributed by atoms with Gasteiger partial charge < -0.3 is 4.42 Å². The Morgan fingerprint density at radius 2 is 2.25 bits per heavy atom. The van der Waals surface area contributed by atoms with Gasteiger partial charge in [0, 0.05) is 24.4 Å². The molecule has 0 aromatic carbocycles. The van der Waals surface area contributed by atoms with Crippen LogP contribution in [-0.4, -0.2) is 25.2 Å². The number of aryl methyl sites for hydroxylation is 1. The Labute approximate surface area is 92.9 Å². The van der Waals surface area contributed by atoms with Crippen molar-refractivity contribution in [1.82, 2.24) is 14.5 Å². The first-order valence-corrected chi connectivity index (χ1v) is 6.03. The van der Waals surface area contributed by atoms with Gasteiger partial charge in [0.25, 0.3) is 10.0 Å². The second-order valence-electron chi connectivity index (χ2n) is 3.23. The van der Waals surface area contributed by atoms with Gasteiger partial charge in [-0.15, -0.1) is 0 Å². The van der Waals surface area contributed by atoms with Gasteiger partial charge in [-0.1, -0.05) is 0 Å². The summed E-state index contributed by atoms with van der Waals surface area (Å²) in [5.41, 5.74) is 1.20. The van der Waals surface area contributed by atoms with Crippen molar-refractivity contribution in [2.24, 2.45) is 7.05 Å². The van der Waals surface area contributed by atoms with Crippen LogP contribution in [0.4, 0.5) is 0 Å². The number of sulfonamides is 1. The average molecular weight is 241 g/mol. The third kappa shape index (κ3) is 1.74. The van der Waals surface area contributed by atoms with Crippen LogP contribution < -0.4 is 4.72 Å². The minimum absolute atomic E-state index is 0.0944. The molecule has 0 unspecified atom stereocenters. The molecule has 7 heteroatoms. The minimum atomic E-state index is -3.58. The van der Waals surface area contributed by atoms with Crippen LogP contribution in [0, 0.1) is 0 Å². The highest BCUT2D eigenvalue weighted by atomic mass is 32.2. The van der Waals surface area contributed by atoms with Gasteiger partial charge in [0.15, 0.2) is 0 Å². The smallest absolute Gasteiger partial charge is 0.274 e. The van der Waals surface area contributed by atoms with Gasteiger partial charge in [-0.3, -0.25) is 4.68 Å². The maximum absolute atomic E-state index is 11.6. The van der Waals surface area contributed by atoms with Crippen molar-refractivity contribution >= 4 is 10.0 Å². The third-order valence-corrected chi connectivity index (χ3v) is 3.50. The molecule has 0 bridgehead atoms. The number of hydrogen-bond acceptors (Lipinski definition) is 4. The molecule has 0 aliphatic rings. The average Bonchev–Trinajstić information content (AvgIpc) is 2.85. The Bertz CT molecular complexity index is 597. The number of nitrogens with one attached hydrogen (secondary N) is 1. The molecule has 2 aromatic heterocycles. The van der Waals surface area contributed by atoms with Crippen LogP contribution in [0.15, 0.2) is 34.2 Å². The quantitative estimate of drug-likeness (QED) is 0.853. The lowest BCUT2D eigenvalue weighted by Gasteiger charge is -2.00. The number of nitrogens with zero attached hydrogens (tertiary/aromatic N) is 2. The van der Waals surface area contributed by atoms with E-state index in [-0.39, 0.29) is 5.09 Å². The van der Waals surface area contributed by atoms with Crippen molar-refractivity contribution in [3.05, 3.63) is 24.7 Å². The first kappa shape index (κ1) is 10.9. The molecule has 6 nitrogen and oxygen atoms in total. The third-order valence-electron chi connectivity index (χ3n) is 2.16. The van der Waals surface area contributed by atoms with Crippen molar-refractivity contribution in [3.63, 3.8) is 0 Å². The fraction of sp³-hybridized carbons (Fsp3) is 0.222. The normalized spacial score (nSPS) is 11.9. The molecule has 1 N–H and O–H groups in total. The molecule has 2 rings (SSSR count). The maximum Gasteiger partial charge on any atom is 0.274 e. The molecular weight excluding hydrogens is 230 g/mol. The molecule has 2 aromatic rings. The lowest BCUT2D eigenvalue weighted by Crippen LogP contribution is -2.18. The Balaban J connectivity index is 2.56. The van der Waals surface area contributed by atoms with Crippen molar-refractivity contribution in [2.45, 2.75) is 5.09 Å². The van der Waals surface area contributed by atoms with Crippen LogP contribution in [0.3, 0.4) is 0 Å². The number of aromatic nitrogens is 2. The second kappa shape index (κ2) is 3.76. The molecule has 0 aliphatic carbocycles. The predicted molar refractivity (Wildman–Crippen MR) is 57.2 cm³/mol.